The van der Waals surface area contributed by atoms with Crippen LogP contribution in [-0.4, -0.2) is 34.4 Å². The van der Waals surface area contributed by atoms with Crippen LogP contribution in [-0.2, 0) is 14.6 Å². The Hall–Kier alpha value is -0.620. The molecule has 0 radical (unpaired) electrons. The topological polar surface area (TPSA) is 55.4 Å². The van der Waals surface area contributed by atoms with E-state index in [1.54, 1.807) is 12.1 Å². The molecule has 0 bridgehead atoms. The zero-order valence-corrected chi connectivity index (χ0v) is 11.7. The molecule has 1 saturated heterocycles. The summed E-state index contributed by atoms with van der Waals surface area (Å²) in [6, 6.07) is 4.86. The third-order valence-electron chi connectivity index (χ3n) is 2.92. The van der Waals surface area contributed by atoms with E-state index < -0.39 is 9.84 Å². The van der Waals surface area contributed by atoms with E-state index >= 15 is 0 Å². The van der Waals surface area contributed by atoms with Gasteiger partial charge in [-0.3, -0.25) is 0 Å². The number of hydrogen-bond acceptors (Lipinski definition) is 4. The van der Waals surface area contributed by atoms with Gasteiger partial charge in [-0.15, -0.1) is 0 Å². The molecule has 0 unspecified atom stereocenters. The quantitative estimate of drug-likeness (QED) is 0.902. The lowest BCUT2D eigenvalue weighted by molar-refractivity contribution is 0.131. The molecule has 18 heavy (non-hydrogen) atoms. The van der Waals surface area contributed by atoms with E-state index in [4.69, 9.17) is 16.3 Å². The van der Waals surface area contributed by atoms with Crippen molar-refractivity contribution >= 4 is 21.4 Å². The highest BCUT2D eigenvalue weighted by atomic mass is 35.5. The normalized spacial score (nSPS) is 21.6. The summed E-state index contributed by atoms with van der Waals surface area (Å²) in [6.45, 7) is 2.16. The summed E-state index contributed by atoms with van der Waals surface area (Å²) < 4.78 is 28.3. The molecule has 1 fully saturated rings. The average molecular weight is 290 g/mol. The Bertz CT molecular complexity index is 522. The largest absolute Gasteiger partial charge is 0.379 e. The van der Waals surface area contributed by atoms with Crippen LogP contribution in [0, 0.1) is 0 Å². The van der Waals surface area contributed by atoms with E-state index in [-0.39, 0.29) is 10.9 Å². The zero-order valence-electron chi connectivity index (χ0n) is 10.1. The molecule has 1 atom stereocenters. The van der Waals surface area contributed by atoms with E-state index in [0.717, 1.165) is 25.1 Å². The Labute approximate surface area is 112 Å². The lowest BCUT2D eigenvalue weighted by atomic mass is 10.1. The highest BCUT2D eigenvalue weighted by Crippen LogP contribution is 2.27. The first-order chi connectivity index (χ1) is 8.48. The van der Waals surface area contributed by atoms with Crippen LogP contribution >= 0.6 is 11.6 Å². The first kappa shape index (κ1) is 13.8. The number of ether oxygens (including phenoxy) is 1. The Kier molecular flexibility index (Phi) is 4.27. The zero-order chi connectivity index (χ0) is 13.2. The Morgan fingerprint density at radius 1 is 1.44 bits per heavy atom. The van der Waals surface area contributed by atoms with Gasteiger partial charge in [0.1, 0.15) is 0 Å². The second-order valence-electron chi connectivity index (χ2n) is 4.39. The van der Waals surface area contributed by atoms with Gasteiger partial charge in [-0.1, -0.05) is 17.7 Å². The van der Waals surface area contributed by atoms with Crippen molar-refractivity contribution in [3.8, 4) is 0 Å². The Morgan fingerprint density at radius 3 is 2.89 bits per heavy atom. The van der Waals surface area contributed by atoms with E-state index in [1.807, 2.05) is 0 Å². The van der Waals surface area contributed by atoms with Crippen molar-refractivity contribution in [1.29, 1.82) is 0 Å². The van der Waals surface area contributed by atoms with E-state index in [2.05, 4.69) is 5.32 Å². The molecule has 0 saturated carbocycles. The molecule has 0 amide bonds. The van der Waals surface area contributed by atoms with Crippen LogP contribution < -0.4 is 5.32 Å². The monoisotopic (exact) mass is 289 g/mol. The van der Waals surface area contributed by atoms with Gasteiger partial charge >= 0.3 is 0 Å². The van der Waals surface area contributed by atoms with Gasteiger partial charge in [-0.05, 0) is 30.7 Å². The van der Waals surface area contributed by atoms with Crippen LogP contribution in [0.1, 0.15) is 18.0 Å². The fourth-order valence-electron chi connectivity index (χ4n) is 1.93. The predicted octanol–water partition coefficient (Wildman–Crippen LogP) is 1.79. The lowest BCUT2D eigenvalue weighted by Gasteiger charge is -2.17. The molecular weight excluding hydrogens is 274 g/mol. The van der Waals surface area contributed by atoms with Gasteiger partial charge in [-0.2, -0.15) is 0 Å². The van der Waals surface area contributed by atoms with Gasteiger partial charge in [0.2, 0.25) is 0 Å². The smallest absolute Gasteiger partial charge is 0.175 e. The first-order valence-corrected chi connectivity index (χ1v) is 8.06. The van der Waals surface area contributed by atoms with Crippen molar-refractivity contribution in [2.75, 3.05) is 26.0 Å². The Morgan fingerprint density at radius 2 is 2.22 bits per heavy atom. The molecule has 1 aliphatic heterocycles. The lowest BCUT2D eigenvalue weighted by Crippen LogP contribution is -2.23. The minimum Gasteiger partial charge on any atom is -0.379 e. The summed E-state index contributed by atoms with van der Waals surface area (Å²) in [7, 11) is -3.22. The number of sulfone groups is 1. The SMILES string of the molecule is CS(=O)(=O)c1ccc([C@@H]2COCCCN2)c(Cl)c1. The maximum Gasteiger partial charge on any atom is 0.175 e. The summed E-state index contributed by atoms with van der Waals surface area (Å²) in [5.74, 6) is 0. The Balaban J connectivity index is 2.29. The molecule has 2 rings (SSSR count). The minimum atomic E-state index is -3.22. The third-order valence-corrected chi connectivity index (χ3v) is 4.35. The van der Waals surface area contributed by atoms with Crippen LogP contribution in [0.4, 0.5) is 0 Å². The van der Waals surface area contributed by atoms with Gasteiger partial charge in [0.15, 0.2) is 9.84 Å². The van der Waals surface area contributed by atoms with Gasteiger partial charge in [0, 0.05) is 17.9 Å². The predicted molar refractivity (Wildman–Crippen MR) is 70.7 cm³/mol. The average Bonchev–Trinajstić information content (AvgIpc) is 2.56. The fourth-order valence-corrected chi connectivity index (χ4v) is 2.96. The van der Waals surface area contributed by atoms with Crippen LogP contribution in [0.25, 0.3) is 0 Å². The molecule has 0 spiro atoms. The number of halogens is 1. The molecule has 1 heterocycles. The maximum atomic E-state index is 11.4. The van der Waals surface area contributed by atoms with E-state index in [9.17, 15) is 8.42 Å². The summed E-state index contributed by atoms with van der Waals surface area (Å²) in [5.41, 5.74) is 0.881. The fraction of sp³-hybridized carbons (Fsp3) is 0.500. The summed E-state index contributed by atoms with van der Waals surface area (Å²) in [6.07, 6.45) is 2.14. The third kappa shape index (κ3) is 3.23. The molecule has 100 valence electrons. The van der Waals surface area contributed by atoms with Crippen LogP contribution in [0.2, 0.25) is 5.02 Å². The minimum absolute atomic E-state index is 0.0219. The highest BCUT2D eigenvalue weighted by Gasteiger charge is 2.18. The number of rotatable bonds is 2. The van der Waals surface area contributed by atoms with Crippen molar-refractivity contribution in [3.63, 3.8) is 0 Å². The second-order valence-corrected chi connectivity index (χ2v) is 6.81. The van der Waals surface area contributed by atoms with Crippen molar-refractivity contribution < 1.29 is 13.2 Å². The summed E-state index contributed by atoms with van der Waals surface area (Å²) >= 11 is 6.16. The van der Waals surface area contributed by atoms with E-state index in [1.165, 1.54) is 12.3 Å². The number of benzene rings is 1. The molecule has 0 aliphatic carbocycles. The van der Waals surface area contributed by atoms with Crippen LogP contribution in [0.3, 0.4) is 0 Å². The standard InChI is InChI=1S/C12H16ClNO3S/c1-18(15,16)9-3-4-10(11(13)7-9)12-8-17-6-2-5-14-12/h3-4,7,12,14H,2,5-6,8H2,1H3/t12-/m0/s1. The summed E-state index contributed by atoms with van der Waals surface area (Å²) in [5, 5.41) is 3.80. The molecule has 1 N–H and O–H groups in total. The molecule has 1 aromatic carbocycles. The van der Waals surface area contributed by atoms with E-state index in [0.29, 0.717) is 11.6 Å². The number of hydrogen-bond donors (Lipinski definition) is 1. The van der Waals surface area contributed by atoms with Crippen molar-refractivity contribution in [2.24, 2.45) is 0 Å². The molecule has 1 aromatic rings. The van der Waals surface area contributed by atoms with Gasteiger partial charge in [0.05, 0.1) is 17.5 Å². The summed E-state index contributed by atoms with van der Waals surface area (Å²) in [4.78, 5) is 0.241. The molecule has 4 nitrogen and oxygen atoms in total. The molecular formula is C12H16ClNO3S. The first-order valence-electron chi connectivity index (χ1n) is 5.79. The molecule has 6 heteroatoms. The molecule has 1 aliphatic rings. The van der Waals surface area contributed by atoms with Crippen molar-refractivity contribution in [1.82, 2.24) is 5.32 Å². The maximum absolute atomic E-state index is 11.4. The number of nitrogens with one attached hydrogen (secondary N) is 1. The van der Waals surface area contributed by atoms with Crippen molar-refractivity contribution in [2.45, 2.75) is 17.4 Å². The van der Waals surface area contributed by atoms with Gasteiger partial charge < -0.3 is 10.1 Å². The highest BCUT2D eigenvalue weighted by molar-refractivity contribution is 7.90. The van der Waals surface area contributed by atoms with Crippen molar-refractivity contribution in [3.05, 3.63) is 28.8 Å². The second kappa shape index (κ2) is 5.57. The molecule has 0 aromatic heterocycles. The van der Waals surface area contributed by atoms with Crippen LogP contribution in [0.15, 0.2) is 23.1 Å². The van der Waals surface area contributed by atoms with Crippen LogP contribution in [0.5, 0.6) is 0 Å². The van der Waals surface area contributed by atoms with Gasteiger partial charge in [-0.25, -0.2) is 8.42 Å². The van der Waals surface area contributed by atoms with Gasteiger partial charge in [0.25, 0.3) is 0 Å².